The van der Waals surface area contributed by atoms with Gasteiger partial charge in [0, 0.05) is 37.6 Å². The first-order valence-corrected chi connectivity index (χ1v) is 8.30. The first kappa shape index (κ1) is 15.9. The zero-order valence-corrected chi connectivity index (χ0v) is 14.2. The summed E-state index contributed by atoms with van der Waals surface area (Å²) in [5.74, 6) is 2.05. The van der Waals surface area contributed by atoms with Gasteiger partial charge in [-0.05, 0) is 24.3 Å². The molecule has 2 aromatic heterocycles. The fourth-order valence-electron chi connectivity index (χ4n) is 2.64. The van der Waals surface area contributed by atoms with E-state index in [1.54, 1.807) is 6.07 Å². The molecule has 1 aliphatic rings. The van der Waals surface area contributed by atoms with Crippen LogP contribution in [0.25, 0.3) is 0 Å². The second-order valence-corrected chi connectivity index (χ2v) is 6.49. The van der Waals surface area contributed by atoms with Gasteiger partial charge in [-0.2, -0.15) is 0 Å². The molecular weight excluding hydrogens is 312 g/mol. The summed E-state index contributed by atoms with van der Waals surface area (Å²) < 4.78 is 0. The summed E-state index contributed by atoms with van der Waals surface area (Å²) in [6.45, 7) is 6.15. The van der Waals surface area contributed by atoms with Crippen LogP contribution in [0.4, 0.5) is 11.8 Å². The summed E-state index contributed by atoms with van der Waals surface area (Å²) in [4.78, 5) is 19.3. The van der Waals surface area contributed by atoms with Gasteiger partial charge in [-0.1, -0.05) is 25.4 Å². The molecule has 0 aromatic carbocycles. The number of piperidine rings is 1. The zero-order valence-electron chi connectivity index (χ0n) is 13.4. The summed E-state index contributed by atoms with van der Waals surface area (Å²) >= 11 is 5.88. The molecule has 3 rings (SSSR count). The van der Waals surface area contributed by atoms with Crippen LogP contribution in [0.5, 0.6) is 0 Å². The van der Waals surface area contributed by atoms with Crippen molar-refractivity contribution in [3.63, 3.8) is 0 Å². The van der Waals surface area contributed by atoms with Crippen LogP contribution < -0.4 is 10.2 Å². The Morgan fingerprint density at radius 1 is 1.13 bits per heavy atom. The van der Waals surface area contributed by atoms with Crippen molar-refractivity contribution in [1.29, 1.82) is 0 Å². The number of hydrogen-bond donors (Lipinski definition) is 1. The second-order valence-electron chi connectivity index (χ2n) is 6.10. The molecule has 122 valence electrons. The van der Waals surface area contributed by atoms with Crippen LogP contribution >= 0.6 is 11.6 Å². The topological polar surface area (TPSA) is 66.8 Å². The molecule has 0 amide bonds. The molecule has 0 atom stereocenters. The van der Waals surface area contributed by atoms with Gasteiger partial charge in [0.1, 0.15) is 17.3 Å². The minimum absolute atomic E-state index is 0.382. The van der Waals surface area contributed by atoms with Crippen molar-refractivity contribution in [1.82, 2.24) is 19.9 Å². The Hall–Kier alpha value is -1.95. The van der Waals surface area contributed by atoms with Crippen molar-refractivity contribution in [2.45, 2.75) is 38.6 Å². The molecule has 1 saturated heterocycles. The van der Waals surface area contributed by atoms with Gasteiger partial charge >= 0.3 is 0 Å². The molecule has 3 heterocycles. The van der Waals surface area contributed by atoms with E-state index in [1.165, 1.54) is 11.9 Å². The lowest BCUT2D eigenvalue weighted by Crippen LogP contribution is -2.40. The van der Waals surface area contributed by atoms with Crippen molar-refractivity contribution in [3.8, 4) is 0 Å². The zero-order chi connectivity index (χ0) is 16.2. The molecule has 0 bridgehead atoms. The molecule has 0 unspecified atom stereocenters. The molecule has 2 aromatic rings. The number of anilines is 2. The van der Waals surface area contributed by atoms with E-state index in [9.17, 15) is 0 Å². The van der Waals surface area contributed by atoms with E-state index in [1.807, 2.05) is 12.4 Å². The standard InChI is InChI=1S/C16H21ClN6/c1-11(2)12-8-18-16(19-9-12)23-5-3-13(4-6-23)22-15-7-14(17)20-10-21-15/h7-11,13H,3-6H2,1-2H3,(H,20,21,22). The van der Waals surface area contributed by atoms with Gasteiger partial charge in [-0.25, -0.2) is 19.9 Å². The lowest BCUT2D eigenvalue weighted by atomic mass is 10.1. The van der Waals surface area contributed by atoms with Gasteiger partial charge < -0.3 is 10.2 Å². The van der Waals surface area contributed by atoms with E-state index in [0.717, 1.165) is 37.7 Å². The van der Waals surface area contributed by atoms with Crippen molar-refractivity contribution < 1.29 is 0 Å². The number of nitrogens with one attached hydrogen (secondary N) is 1. The maximum atomic E-state index is 5.88. The maximum Gasteiger partial charge on any atom is 0.225 e. The smallest absolute Gasteiger partial charge is 0.225 e. The van der Waals surface area contributed by atoms with Gasteiger partial charge in [-0.3, -0.25) is 0 Å². The Balaban J connectivity index is 1.55. The number of aromatic nitrogens is 4. The van der Waals surface area contributed by atoms with E-state index >= 15 is 0 Å². The van der Waals surface area contributed by atoms with Gasteiger partial charge in [0.05, 0.1) is 0 Å². The highest BCUT2D eigenvalue weighted by Gasteiger charge is 2.21. The number of hydrogen-bond acceptors (Lipinski definition) is 6. The molecule has 0 spiro atoms. The molecule has 1 fully saturated rings. The normalized spacial score (nSPS) is 15.9. The molecule has 1 aliphatic heterocycles. The average molecular weight is 333 g/mol. The third-order valence-electron chi connectivity index (χ3n) is 4.09. The van der Waals surface area contributed by atoms with Crippen LogP contribution in [0, 0.1) is 0 Å². The maximum absolute atomic E-state index is 5.88. The van der Waals surface area contributed by atoms with Gasteiger partial charge in [0.25, 0.3) is 0 Å². The Bertz CT molecular complexity index is 637. The molecule has 0 radical (unpaired) electrons. The van der Waals surface area contributed by atoms with Gasteiger partial charge in [0.2, 0.25) is 5.95 Å². The highest BCUT2D eigenvalue weighted by molar-refractivity contribution is 6.29. The van der Waals surface area contributed by atoms with Crippen LogP contribution in [0.15, 0.2) is 24.8 Å². The predicted octanol–water partition coefficient (Wildman–Crippen LogP) is 3.12. The molecule has 7 heteroatoms. The number of halogens is 1. The highest BCUT2D eigenvalue weighted by Crippen LogP contribution is 2.20. The van der Waals surface area contributed by atoms with Crippen molar-refractivity contribution in [3.05, 3.63) is 35.5 Å². The van der Waals surface area contributed by atoms with Gasteiger partial charge in [0.15, 0.2) is 0 Å². The minimum atomic E-state index is 0.382. The Labute approximate surface area is 141 Å². The van der Waals surface area contributed by atoms with Crippen LogP contribution in [0.3, 0.4) is 0 Å². The van der Waals surface area contributed by atoms with E-state index in [4.69, 9.17) is 11.6 Å². The molecule has 6 nitrogen and oxygen atoms in total. The highest BCUT2D eigenvalue weighted by atomic mass is 35.5. The third-order valence-corrected chi connectivity index (χ3v) is 4.30. The second kappa shape index (κ2) is 7.08. The summed E-state index contributed by atoms with van der Waals surface area (Å²) in [5.41, 5.74) is 1.17. The first-order valence-electron chi connectivity index (χ1n) is 7.93. The van der Waals surface area contributed by atoms with Crippen LogP contribution in [-0.4, -0.2) is 39.1 Å². The Kier molecular flexibility index (Phi) is 4.91. The van der Waals surface area contributed by atoms with Crippen LogP contribution in [-0.2, 0) is 0 Å². The lowest BCUT2D eigenvalue weighted by molar-refractivity contribution is 0.518. The fourth-order valence-corrected chi connectivity index (χ4v) is 2.79. The summed E-state index contributed by atoms with van der Waals surface area (Å²) in [6.07, 6.45) is 7.36. The molecule has 0 saturated carbocycles. The quantitative estimate of drug-likeness (QED) is 0.868. The van der Waals surface area contributed by atoms with Crippen LogP contribution in [0.2, 0.25) is 5.15 Å². The third kappa shape index (κ3) is 4.07. The van der Waals surface area contributed by atoms with E-state index in [2.05, 4.69) is 44.0 Å². The molecule has 0 aliphatic carbocycles. The summed E-state index contributed by atoms with van der Waals surface area (Å²) in [5, 5.41) is 3.87. The van der Waals surface area contributed by atoms with E-state index < -0.39 is 0 Å². The summed E-state index contributed by atoms with van der Waals surface area (Å²) in [6, 6.07) is 2.13. The Morgan fingerprint density at radius 2 is 1.83 bits per heavy atom. The SMILES string of the molecule is CC(C)c1cnc(N2CCC(Nc3cc(Cl)ncn3)CC2)nc1. The fraction of sp³-hybridized carbons (Fsp3) is 0.500. The van der Waals surface area contributed by atoms with Gasteiger partial charge in [-0.15, -0.1) is 0 Å². The monoisotopic (exact) mass is 332 g/mol. The van der Waals surface area contributed by atoms with Crippen molar-refractivity contribution in [2.24, 2.45) is 0 Å². The van der Waals surface area contributed by atoms with E-state index in [-0.39, 0.29) is 0 Å². The summed E-state index contributed by atoms with van der Waals surface area (Å²) in [7, 11) is 0. The first-order chi connectivity index (χ1) is 11.1. The molecular formula is C16H21ClN6. The largest absolute Gasteiger partial charge is 0.367 e. The predicted molar refractivity (Wildman–Crippen MR) is 92.0 cm³/mol. The Morgan fingerprint density at radius 3 is 2.43 bits per heavy atom. The minimum Gasteiger partial charge on any atom is -0.367 e. The van der Waals surface area contributed by atoms with Crippen LogP contribution in [0.1, 0.15) is 38.2 Å². The molecule has 1 N–H and O–H groups in total. The number of rotatable bonds is 4. The van der Waals surface area contributed by atoms with E-state index in [0.29, 0.717) is 17.1 Å². The average Bonchev–Trinajstić information content (AvgIpc) is 2.56. The molecule has 23 heavy (non-hydrogen) atoms. The van der Waals surface area contributed by atoms with Crippen molar-refractivity contribution >= 4 is 23.4 Å². The van der Waals surface area contributed by atoms with Crippen molar-refractivity contribution in [2.75, 3.05) is 23.3 Å². The number of nitrogens with zero attached hydrogens (tertiary/aromatic N) is 5. The lowest BCUT2D eigenvalue weighted by Gasteiger charge is -2.32.